The molecule has 17 heavy (non-hydrogen) atoms. The van der Waals surface area contributed by atoms with Crippen molar-refractivity contribution < 1.29 is 4.79 Å². The first-order valence-electron chi connectivity index (χ1n) is 7.01. The standard InChI is InChI=1S/C14H28N2O/c1-5-14(4,6-2)16-13(17)12-10(3)8-7-9-11(12)15/h10-12H,5-9,15H2,1-4H3,(H,16,17). The van der Waals surface area contributed by atoms with Gasteiger partial charge in [0.25, 0.3) is 0 Å². The molecule has 3 atom stereocenters. The summed E-state index contributed by atoms with van der Waals surface area (Å²) >= 11 is 0. The highest BCUT2D eigenvalue weighted by Crippen LogP contribution is 2.30. The molecule has 1 fully saturated rings. The molecule has 1 aliphatic rings. The van der Waals surface area contributed by atoms with Gasteiger partial charge in [0.1, 0.15) is 0 Å². The van der Waals surface area contributed by atoms with Crippen LogP contribution >= 0.6 is 0 Å². The molecule has 3 unspecified atom stereocenters. The fourth-order valence-electron chi connectivity index (χ4n) is 2.72. The summed E-state index contributed by atoms with van der Waals surface area (Å²) in [6, 6.07) is 0.0386. The summed E-state index contributed by atoms with van der Waals surface area (Å²) in [6.45, 7) is 8.50. The van der Waals surface area contributed by atoms with Crippen molar-refractivity contribution in [2.24, 2.45) is 17.6 Å². The zero-order valence-corrected chi connectivity index (χ0v) is 11.8. The minimum Gasteiger partial charge on any atom is -0.351 e. The molecule has 0 aromatic rings. The summed E-state index contributed by atoms with van der Waals surface area (Å²) in [5.41, 5.74) is 6.04. The molecule has 0 aromatic heterocycles. The number of carbonyl (C=O) groups excluding carboxylic acids is 1. The summed E-state index contributed by atoms with van der Waals surface area (Å²) in [5, 5.41) is 3.20. The second-order valence-electron chi connectivity index (χ2n) is 5.85. The van der Waals surface area contributed by atoms with E-state index in [1.807, 2.05) is 0 Å². The molecule has 0 aliphatic heterocycles. The van der Waals surface area contributed by atoms with Gasteiger partial charge in [-0.2, -0.15) is 0 Å². The minimum atomic E-state index is -0.0754. The lowest BCUT2D eigenvalue weighted by Gasteiger charge is -2.37. The topological polar surface area (TPSA) is 55.1 Å². The molecule has 3 nitrogen and oxygen atoms in total. The molecule has 0 heterocycles. The third-order valence-electron chi connectivity index (χ3n) is 4.56. The lowest BCUT2D eigenvalue weighted by molar-refractivity contribution is -0.130. The SMILES string of the molecule is CCC(C)(CC)NC(=O)C1C(C)CCCC1N. The molecule has 0 spiro atoms. The van der Waals surface area contributed by atoms with Gasteiger partial charge in [0, 0.05) is 11.6 Å². The van der Waals surface area contributed by atoms with Gasteiger partial charge in [0.2, 0.25) is 5.91 Å². The van der Waals surface area contributed by atoms with Crippen LogP contribution in [0.4, 0.5) is 0 Å². The highest BCUT2D eigenvalue weighted by molar-refractivity contribution is 5.80. The lowest BCUT2D eigenvalue weighted by atomic mass is 9.76. The summed E-state index contributed by atoms with van der Waals surface area (Å²) < 4.78 is 0. The third-order valence-corrected chi connectivity index (χ3v) is 4.56. The molecule has 0 saturated heterocycles. The second-order valence-corrected chi connectivity index (χ2v) is 5.85. The molecular formula is C14H28N2O. The predicted molar refractivity (Wildman–Crippen MR) is 71.6 cm³/mol. The van der Waals surface area contributed by atoms with Crippen molar-refractivity contribution in [1.82, 2.24) is 5.32 Å². The number of amides is 1. The highest BCUT2D eigenvalue weighted by atomic mass is 16.2. The minimum absolute atomic E-state index is 0.00109. The van der Waals surface area contributed by atoms with Gasteiger partial charge in [-0.05, 0) is 38.5 Å². The maximum absolute atomic E-state index is 12.4. The van der Waals surface area contributed by atoms with E-state index >= 15 is 0 Å². The van der Waals surface area contributed by atoms with Crippen LogP contribution in [-0.2, 0) is 4.79 Å². The highest BCUT2D eigenvalue weighted by Gasteiger charge is 2.36. The van der Waals surface area contributed by atoms with Gasteiger partial charge in [-0.1, -0.05) is 27.2 Å². The smallest absolute Gasteiger partial charge is 0.225 e. The fraction of sp³-hybridized carbons (Fsp3) is 0.929. The first-order chi connectivity index (χ1) is 7.93. The summed E-state index contributed by atoms with van der Waals surface area (Å²) in [7, 11) is 0. The van der Waals surface area contributed by atoms with Crippen LogP contribution in [0.5, 0.6) is 0 Å². The second kappa shape index (κ2) is 5.85. The van der Waals surface area contributed by atoms with Crippen LogP contribution in [0.1, 0.15) is 59.8 Å². The predicted octanol–water partition coefficient (Wildman–Crippen LogP) is 2.44. The number of nitrogens with one attached hydrogen (secondary N) is 1. The van der Waals surface area contributed by atoms with E-state index in [0.717, 1.165) is 32.1 Å². The van der Waals surface area contributed by atoms with E-state index in [-0.39, 0.29) is 23.4 Å². The molecule has 0 radical (unpaired) electrons. The Bertz CT molecular complexity index is 251. The van der Waals surface area contributed by atoms with Gasteiger partial charge in [0.05, 0.1) is 5.92 Å². The average Bonchev–Trinajstić information content (AvgIpc) is 2.28. The Balaban J connectivity index is 2.68. The van der Waals surface area contributed by atoms with Crippen molar-refractivity contribution >= 4 is 5.91 Å². The van der Waals surface area contributed by atoms with Gasteiger partial charge < -0.3 is 11.1 Å². The Hall–Kier alpha value is -0.570. The van der Waals surface area contributed by atoms with E-state index in [2.05, 4.69) is 33.0 Å². The molecule has 3 N–H and O–H groups in total. The number of rotatable bonds is 4. The zero-order chi connectivity index (χ0) is 13.1. The average molecular weight is 240 g/mol. The van der Waals surface area contributed by atoms with Gasteiger partial charge in [0.15, 0.2) is 0 Å². The van der Waals surface area contributed by atoms with Crippen molar-refractivity contribution in [3.8, 4) is 0 Å². The first-order valence-corrected chi connectivity index (χ1v) is 7.01. The molecule has 3 heteroatoms. The first kappa shape index (κ1) is 14.5. The largest absolute Gasteiger partial charge is 0.351 e. The van der Waals surface area contributed by atoms with Gasteiger partial charge in [-0.15, -0.1) is 0 Å². The molecule has 1 amide bonds. The quantitative estimate of drug-likeness (QED) is 0.793. The zero-order valence-electron chi connectivity index (χ0n) is 11.8. The Labute approximate surface area is 106 Å². The van der Waals surface area contributed by atoms with Crippen molar-refractivity contribution in [2.75, 3.05) is 0 Å². The number of carbonyl (C=O) groups is 1. The van der Waals surface area contributed by atoms with E-state index in [9.17, 15) is 4.79 Å². The summed E-state index contributed by atoms with van der Waals surface area (Å²) in [5.74, 6) is 0.578. The summed E-state index contributed by atoms with van der Waals surface area (Å²) in [4.78, 5) is 12.4. The normalized spacial score (nSPS) is 30.1. The van der Waals surface area contributed by atoms with Crippen molar-refractivity contribution in [2.45, 2.75) is 71.4 Å². The molecule has 100 valence electrons. The van der Waals surface area contributed by atoms with Crippen LogP contribution in [-0.4, -0.2) is 17.5 Å². The van der Waals surface area contributed by atoms with Crippen molar-refractivity contribution in [1.29, 1.82) is 0 Å². The Morgan fingerprint density at radius 3 is 2.41 bits per heavy atom. The molecule has 0 aromatic carbocycles. The molecule has 1 rings (SSSR count). The van der Waals surface area contributed by atoms with Crippen LogP contribution in [0.15, 0.2) is 0 Å². The molecular weight excluding hydrogens is 212 g/mol. The monoisotopic (exact) mass is 240 g/mol. The summed E-state index contributed by atoms with van der Waals surface area (Å²) in [6.07, 6.45) is 5.19. The number of hydrogen-bond acceptors (Lipinski definition) is 2. The Morgan fingerprint density at radius 1 is 1.35 bits per heavy atom. The van der Waals surface area contributed by atoms with Crippen molar-refractivity contribution in [3.05, 3.63) is 0 Å². The Morgan fingerprint density at radius 2 is 1.94 bits per heavy atom. The maximum Gasteiger partial charge on any atom is 0.225 e. The molecule has 0 bridgehead atoms. The van der Waals surface area contributed by atoms with Crippen molar-refractivity contribution in [3.63, 3.8) is 0 Å². The lowest BCUT2D eigenvalue weighted by Crippen LogP contribution is -2.53. The Kier molecular flexibility index (Phi) is 4.99. The van der Waals surface area contributed by atoms with Crippen LogP contribution in [0.3, 0.4) is 0 Å². The van der Waals surface area contributed by atoms with Gasteiger partial charge >= 0.3 is 0 Å². The van der Waals surface area contributed by atoms with E-state index < -0.39 is 0 Å². The van der Waals surface area contributed by atoms with Gasteiger partial charge in [-0.25, -0.2) is 0 Å². The van der Waals surface area contributed by atoms with E-state index in [1.54, 1.807) is 0 Å². The number of hydrogen-bond donors (Lipinski definition) is 2. The van der Waals surface area contributed by atoms with E-state index in [0.29, 0.717) is 5.92 Å². The maximum atomic E-state index is 12.4. The number of nitrogens with two attached hydrogens (primary N) is 1. The van der Waals surface area contributed by atoms with Crippen LogP contribution < -0.4 is 11.1 Å². The van der Waals surface area contributed by atoms with Gasteiger partial charge in [-0.3, -0.25) is 4.79 Å². The van der Waals surface area contributed by atoms with E-state index in [4.69, 9.17) is 5.73 Å². The third kappa shape index (κ3) is 3.44. The van der Waals surface area contributed by atoms with Crippen LogP contribution in [0.2, 0.25) is 0 Å². The van der Waals surface area contributed by atoms with E-state index in [1.165, 1.54) is 0 Å². The molecule has 1 aliphatic carbocycles. The van der Waals surface area contributed by atoms with Crippen LogP contribution in [0.25, 0.3) is 0 Å². The van der Waals surface area contributed by atoms with Crippen LogP contribution in [0, 0.1) is 11.8 Å². The molecule has 1 saturated carbocycles. The fourth-order valence-corrected chi connectivity index (χ4v) is 2.72.